The van der Waals surface area contributed by atoms with Crippen LogP contribution < -0.4 is 15.4 Å². The van der Waals surface area contributed by atoms with Crippen LogP contribution in [0.15, 0.2) is 18.2 Å². The highest BCUT2D eigenvalue weighted by atomic mass is 35.5. The minimum Gasteiger partial charge on any atom is -0.495 e. The first-order valence-electron chi connectivity index (χ1n) is 8.28. The van der Waals surface area contributed by atoms with Crippen molar-refractivity contribution in [2.24, 2.45) is 0 Å². The maximum absolute atomic E-state index is 12.3. The highest BCUT2D eigenvalue weighted by Crippen LogP contribution is 2.31. The number of carbonyl (C=O) groups is 1. The molecule has 28 heavy (non-hydrogen) atoms. The van der Waals surface area contributed by atoms with Gasteiger partial charge in [-0.25, -0.2) is 9.78 Å². The number of thiazole rings is 1. The molecule has 0 atom stereocenters. The van der Waals surface area contributed by atoms with Crippen molar-refractivity contribution in [1.82, 2.24) is 13.6 Å². The predicted molar refractivity (Wildman–Crippen MR) is 109 cm³/mol. The maximum atomic E-state index is 12.3. The molecule has 2 aromatic rings. The Morgan fingerprint density at radius 1 is 1.36 bits per heavy atom. The van der Waals surface area contributed by atoms with Crippen molar-refractivity contribution in [3.63, 3.8) is 0 Å². The van der Waals surface area contributed by atoms with E-state index in [1.807, 2.05) is 0 Å². The number of nitrogens with one attached hydrogen (secondary N) is 2. The lowest BCUT2D eigenvalue weighted by atomic mass is 10.2. The summed E-state index contributed by atoms with van der Waals surface area (Å²) < 4.78 is 32.4. The molecule has 0 aliphatic carbocycles. The minimum atomic E-state index is -3.49. The summed E-state index contributed by atoms with van der Waals surface area (Å²) in [4.78, 5) is 17.5. The molecule has 0 bridgehead atoms. The Bertz CT molecular complexity index is 993. The summed E-state index contributed by atoms with van der Waals surface area (Å²) in [6, 6.07) is 4.40. The van der Waals surface area contributed by atoms with Gasteiger partial charge < -0.3 is 10.1 Å². The Kier molecular flexibility index (Phi) is 6.10. The van der Waals surface area contributed by atoms with E-state index in [9.17, 15) is 13.2 Å². The van der Waals surface area contributed by atoms with Crippen molar-refractivity contribution in [2.45, 2.75) is 13.0 Å². The van der Waals surface area contributed by atoms with E-state index in [4.69, 9.17) is 16.3 Å². The van der Waals surface area contributed by atoms with Gasteiger partial charge in [0.25, 0.3) is 10.2 Å². The summed E-state index contributed by atoms with van der Waals surface area (Å²) >= 11 is 7.22. The molecule has 1 aromatic carbocycles. The molecule has 0 spiro atoms. The third-order valence-corrected chi connectivity index (χ3v) is 7.23. The van der Waals surface area contributed by atoms with Gasteiger partial charge in [0.1, 0.15) is 5.75 Å². The molecule has 0 unspecified atom stereocenters. The molecule has 0 radical (unpaired) electrons. The lowest BCUT2D eigenvalue weighted by Gasteiger charge is -2.27. The van der Waals surface area contributed by atoms with E-state index in [2.05, 4.69) is 15.6 Å². The molecule has 2 heterocycles. The topological polar surface area (TPSA) is 104 Å². The van der Waals surface area contributed by atoms with E-state index in [1.165, 1.54) is 41.2 Å². The number of hydrogen-bond donors (Lipinski definition) is 2. The van der Waals surface area contributed by atoms with Crippen LogP contribution in [0, 0.1) is 0 Å². The standard InChI is InChI=1S/C16H20ClN5O4S2/c1-21(2)28(24,25)22-7-6-11-14(9-22)27-16(19-11)20-15(23)18-12-8-10(17)4-5-13(12)26-3/h4-5,8H,6-7,9H2,1-3H3,(H2,18,19,20,23). The zero-order chi connectivity index (χ0) is 20.5. The van der Waals surface area contributed by atoms with Gasteiger partial charge in [0.2, 0.25) is 0 Å². The van der Waals surface area contributed by atoms with Crippen molar-refractivity contribution in [3.05, 3.63) is 33.8 Å². The summed E-state index contributed by atoms with van der Waals surface area (Å²) in [7, 11) is 1.00. The van der Waals surface area contributed by atoms with Gasteiger partial charge in [-0.3, -0.25) is 5.32 Å². The summed E-state index contributed by atoms with van der Waals surface area (Å²) in [6.45, 7) is 0.585. The number of anilines is 2. The summed E-state index contributed by atoms with van der Waals surface area (Å²) in [5, 5.41) is 6.21. The van der Waals surface area contributed by atoms with Crippen LogP contribution in [0.2, 0.25) is 5.02 Å². The van der Waals surface area contributed by atoms with Crippen molar-refractivity contribution in [1.29, 1.82) is 0 Å². The van der Waals surface area contributed by atoms with Gasteiger partial charge in [0.15, 0.2) is 5.13 Å². The third kappa shape index (κ3) is 4.39. The average molecular weight is 446 g/mol. The number of rotatable bonds is 5. The van der Waals surface area contributed by atoms with E-state index < -0.39 is 16.2 Å². The number of carbonyl (C=O) groups excluding carboxylic acids is 1. The van der Waals surface area contributed by atoms with Crippen LogP contribution in [0.25, 0.3) is 0 Å². The summed E-state index contributed by atoms with van der Waals surface area (Å²) in [6.07, 6.45) is 0.490. The van der Waals surface area contributed by atoms with Crippen LogP contribution >= 0.6 is 22.9 Å². The molecule has 3 rings (SSSR count). The zero-order valence-corrected chi connectivity index (χ0v) is 17.9. The number of nitrogens with zero attached hydrogens (tertiary/aromatic N) is 3. The highest BCUT2D eigenvalue weighted by molar-refractivity contribution is 7.86. The Labute approximate surface area is 172 Å². The molecule has 2 N–H and O–H groups in total. The number of methoxy groups -OCH3 is 1. The normalized spacial score (nSPS) is 14.6. The van der Waals surface area contributed by atoms with Crippen molar-refractivity contribution in [2.75, 3.05) is 38.4 Å². The summed E-state index contributed by atoms with van der Waals surface area (Å²) in [5.41, 5.74) is 1.22. The summed E-state index contributed by atoms with van der Waals surface area (Å²) in [5.74, 6) is 0.475. The van der Waals surface area contributed by atoms with Crippen LogP contribution in [0.3, 0.4) is 0 Å². The molecule has 0 saturated carbocycles. The second-order valence-corrected chi connectivity index (χ2v) is 9.85. The van der Waals surface area contributed by atoms with Crippen LogP contribution in [0.4, 0.5) is 15.6 Å². The number of hydrogen-bond acceptors (Lipinski definition) is 6. The van der Waals surface area contributed by atoms with Gasteiger partial charge in [-0.15, -0.1) is 0 Å². The monoisotopic (exact) mass is 445 g/mol. The van der Waals surface area contributed by atoms with Gasteiger partial charge in [-0.2, -0.15) is 17.0 Å². The minimum absolute atomic E-state index is 0.235. The van der Waals surface area contributed by atoms with E-state index >= 15 is 0 Å². The van der Waals surface area contributed by atoms with E-state index in [-0.39, 0.29) is 6.54 Å². The number of urea groups is 1. The van der Waals surface area contributed by atoms with Gasteiger partial charge in [0, 0.05) is 37.0 Å². The Morgan fingerprint density at radius 2 is 2.11 bits per heavy atom. The number of halogens is 1. The van der Waals surface area contributed by atoms with Crippen molar-refractivity contribution < 1.29 is 17.9 Å². The number of aromatic nitrogens is 1. The van der Waals surface area contributed by atoms with E-state index in [1.54, 1.807) is 18.2 Å². The molecule has 1 aliphatic heterocycles. The molecule has 1 aliphatic rings. The number of benzene rings is 1. The van der Waals surface area contributed by atoms with Crippen molar-refractivity contribution >= 4 is 50.0 Å². The van der Waals surface area contributed by atoms with Gasteiger partial charge >= 0.3 is 6.03 Å². The SMILES string of the molecule is COc1ccc(Cl)cc1NC(=O)Nc1nc2c(s1)CN(S(=O)(=O)N(C)C)CC2. The predicted octanol–water partition coefficient (Wildman–Crippen LogP) is 2.61. The lowest BCUT2D eigenvalue weighted by molar-refractivity contribution is 0.262. The van der Waals surface area contributed by atoms with Crippen LogP contribution in [0.5, 0.6) is 5.75 Å². The number of amides is 2. The molecule has 152 valence electrons. The fourth-order valence-electron chi connectivity index (χ4n) is 2.68. The van der Waals surface area contributed by atoms with E-state index in [0.717, 1.165) is 10.6 Å². The van der Waals surface area contributed by atoms with Crippen molar-refractivity contribution in [3.8, 4) is 5.75 Å². The third-order valence-electron chi connectivity index (χ3n) is 4.11. The molecule has 9 nitrogen and oxygen atoms in total. The van der Waals surface area contributed by atoms with Crippen LogP contribution in [-0.2, 0) is 23.2 Å². The molecule has 2 amide bonds. The first-order chi connectivity index (χ1) is 13.2. The molecule has 12 heteroatoms. The lowest BCUT2D eigenvalue weighted by Crippen LogP contribution is -2.42. The first kappa shape index (κ1) is 20.8. The maximum Gasteiger partial charge on any atom is 0.325 e. The quantitative estimate of drug-likeness (QED) is 0.736. The number of fused-ring (bicyclic) bond motifs is 1. The second kappa shape index (κ2) is 8.21. The van der Waals surface area contributed by atoms with Gasteiger partial charge in [0.05, 0.1) is 25.0 Å². The molecular formula is C16H20ClN5O4S2. The van der Waals surface area contributed by atoms with Gasteiger partial charge in [-0.05, 0) is 18.2 Å². The average Bonchev–Trinajstić information content (AvgIpc) is 3.02. The highest BCUT2D eigenvalue weighted by Gasteiger charge is 2.30. The molecular weight excluding hydrogens is 426 g/mol. The fourth-order valence-corrected chi connectivity index (χ4v) is 5.03. The van der Waals surface area contributed by atoms with Crippen LogP contribution in [0.1, 0.15) is 10.6 Å². The number of ether oxygens (including phenoxy) is 1. The Hall–Kier alpha value is -1.92. The van der Waals surface area contributed by atoms with Crippen LogP contribution in [-0.4, -0.2) is 55.8 Å². The largest absolute Gasteiger partial charge is 0.495 e. The first-order valence-corrected chi connectivity index (χ1v) is 10.9. The zero-order valence-electron chi connectivity index (χ0n) is 15.5. The second-order valence-electron chi connectivity index (χ2n) is 6.19. The van der Waals surface area contributed by atoms with Gasteiger partial charge in [-0.1, -0.05) is 22.9 Å². The Morgan fingerprint density at radius 3 is 2.79 bits per heavy atom. The molecule has 0 saturated heterocycles. The molecule has 1 aromatic heterocycles. The Balaban J connectivity index is 1.70. The molecule has 0 fully saturated rings. The van der Waals surface area contributed by atoms with E-state index in [0.29, 0.717) is 34.6 Å². The smallest absolute Gasteiger partial charge is 0.325 e. The fraction of sp³-hybridized carbons (Fsp3) is 0.375.